The molecule has 1 aliphatic heterocycles. The number of hydrogen-bond donors (Lipinski definition) is 1. The first-order valence-electron chi connectivity index (χ1n) is 9.28. The average molecular weight is 492 g/mol. The Bertz CT molecular complexity index is 965. The van der Waals surface area contributed by atoms with E-state index in [9.17, 15) is 9.59 Å². The van der Waals surface area contributed by atoms with Gasteiger partial charge in [0.15, 0.2) is 5.17 Å². The first-order valence-corrected chi connectivity index (χ1v) is 10.9. The first kappa shape index (κ1) is 22.2. The summed E-state index contributed by atoms with van der Waals surface area (Å²) in [6.45, 7) is 5.56. The van der Waals surface area contributed by atoms with Crippen LogP contribution in [0.5, 0.6) is 11.5 Å². The van der Waals surface area contributed by atoms with Gasteiger partial charge in [-0.2, -0.15) is 0 Å². The Kier molecular flexibility index (Phi) is 7.38. The lowest BCUT2D eigenvalue weighted by atomic mass is 10.2. The van der Waals surface area contributed by atoms with Crippen LogP contribution >= 0.6 is 27.7 Å². The lowest BCUT2D eigenvalue weighted by Crippen LogP contribution is -2.25. The number of carbonyl (C=O) groups is 2. The SMILES string of the molecule is CC(=O)NC1=NN(C(C)=O)[C@H](c2cc(Br)ccc2OCCOc2ccc(C)cc2)S1. The van der Waals surface area contributed by atoms with Crippen LogP contribution in [0, 0.1) is 6.92 Å². The van der Waals surface area contributed by atoms with Crippen LogP contribution in [0.25, 0.3) is 0 Å². The third-order valence-electron chi connectivity index (χ3n) is 4.12. The minimum absolute atomic E-state index is 0.235. The molecule has 1 N–H and O–H groups in total. The van der Waals surface area contributed by atoms with Crippen LogP contribution in [-0.2, 0) is 9.59 Å². The quantitative estimate of drug-likeness (QED) is 0.611. The van der Waals surface area contributed by atoms with Gasteiger partial charge in [0.1, 0.15) is 30.1 Å². The van der Waals surface area contributed by atoms with E-state index in [0.29, 0.717) is 24.1 Å². The second-order valence-corrected chi connectivity index (χ2v) is 8.60. The molecule has 0 unspecified atom stereocenters. The van der Waals surface area contributed by atoms with Crippen molar-refractivity contribution in [3.8, 4) is 11.5 Å². The molecule has 3 rings (SSSR count). The van der Waals surface area contributed by atoms with Crippen molar-refractivity contribution < 1.29 is 19.1 Å². The van der Waals surface area contributed by atoms with Crippen molar-refractivity contribution in [2.24, 2.45) is 5.10 Å². The number of carbonyl (C=O) groups excluding carboxylic acids is 2. The fraction of sp³-hybridized carbons (Fsp3) is 0.286. The summed E-state index contributed by atoms with van der Waals surface area (Å²) in [5.41, 5.74) is 1.94. The number of thioether (sulfide) groups is 1. The van der Waals surface area contributed by atoms with Gasteiger partial charge in [-0.25, -0.2) is 5.01 Å². The number of ether oxygens (including phenoxy) is 2. The number of nitrogens with one attached hydrogen (secondary N) is 1. The molecule has 0 saturated carbocycles. The summed E-state index contributed by atoms with van der Waals surface area (Å²) in [5, 5.41) is 8.14. The molecule has 0 fully saturated rings. The Hall–Kier alpha value is -2.52. The zero-order valence-electron chi connectivity index (χ0n) is 16.8. The van der Waals surface area contributed by atoms with Crippen LogP contribution in [0.1, 0.15) is 30.3 Å². The molecule has 9 heteroatoms. The molecule has 0 spiro atoms. The van der Waals surface area contributed by atoms with Crippen molar-refractivity contribution in [3.05, 3.63) is 58.1 Å². The van der Waals surface area contributed by atoms with E-state index in [0.717, 1.165) is 15.8 Å². The third kappa shape index (κ3) is 5.76. The van der Waals surface area contributed by atoms with Crippen LogP contribution in [0.15, 0.2) is 52.0 Å². The van der Waals surface area contributed by atoms with Gasteiger partial charge >= 0.3 is 0 Å². The molecule has 7 nitrogen and oxygen atoms in total. The molecule has 0 aromatic heterocycles. The van der Waals surface area contributed by atoms with Crippen LogP contribution in [0.2, 0.25) is 0 Å². The lowest BCUT2D eigenvalue weighted by Gasteiger charge is -2.22. The number of nitrogens with zero attached hydrogens (tertiary/aromatic N) is 2. The second kappa shape index (κ2) is 9.99. The van der Waals surface area contributed by atoms with E-state index in [2.05, 4.69) is 26.3 Å². The Morgan fingerprint density at radius 2 is 1.83 bits per heavy atom. The summed E-state index contributed by atoms with van der Waals surface area (Å²) in [7, 11) is 0. The van der Waals surface area contributed by atoms with Crippen molar-refractivity contribution >= 4 is 44.7 Å². The Morgan fingerprint density at radius 1 is 1.13 bits per heavy atom. The molecule has 158 valence electrons. The van der Waals surface area contributed by atoms with Gasteiger partial charge in [0, 0.05) is 23.9 Å². The largest absolute Gasteiger partial charge is 0.490 e. The fourth-order valence-corrected chi connectivity index (χ4v) is 4.29. The summed E-state index contributed by atoms with van der Waals surface area (Å²) in [6, 6.07) is 13.4. The van der Waals surface area contributed by atoms with Gasteiger partial charge in [-0.1, -0.05) is 45.4 Å². The third-order valence-corrected chi connectivity index (χ3v) is 5.70. The molecule has 2 aromatic carbocycles. The summed E-state index contributed by atoms with van der Waals surface area (Å²) >= 11 is 4.75. The van der Waals surface area contributed by atoms with Gasteiger partial charge in [-0.05, 0) is 37.3 Å². The van der Waals surface area contributed by atoms with E-state index in [-0.39, 0.29) is 11.8 Å². The summed E-state index contributed by atoms with van der Waals surface area (Å²) < 4.78 is 12.5. The molecule has 2 aromatic rings. The van der Waals surface area contributed by atoms with Crippen molar-refractivity contribution in [1.29, 1.82) is 0 Å². The number of rotatable bonds is 6. The summed E-state index contributed by atoms with van der Waals surface area (Å²) in [5.74, 6) is 0.919. The van der Waals surface area contributed by atoms with E-state index in [4.69, 9.17) is 9.47 Å². The smallest absolute Gasteiger partial charge is 0.241 e. The van der Waals surface area contributed by atoms with Crippen molar-refractivity contribution in [1.82, 2.24) is 10.3 Å². The van der Waals surface area contributed by atoms with Crippen molar-refractivity contribution in [2.75, 3.05) is 13.2 Å². The number of amidine groups is 1. The Labute approximate surface area is 187 Å². The first-order chi connectivity index (χ1) is 14.3. The maximum atomic E-state index is 12.1. The highest BCUT2D eigenvalue weighted by Gasteiger charge is 2.34. The van der Waals surface area contributed by atoms with E-state index in [1.54, 1.807) is 0 Å². The molecule has 1 heterocycles. The molecule has 0 aliphatic carbocycles. The number of hydrogen-bond acceptors (Lipinski definition) is 6. The summed E-state index contributed by atoms with van der Waals surface area (Å²) in [6.07, 6.45) is 0. The number of aryl methyl sites for hydroxylation is 1. The lowest BCUT2D eigenvalue weighted by molar-refractivity contribution is -0.129. The molecule has 0 saturated heterocycles. The van der Waals surface area contributed by atoms with Gasteiger partial charge in [0.2, 0.25) is 11.8 Å². The topological polar surface area (TPSA) is 80.2 Å². The fourth-order valence-electron chi connectivity index (χ4n) is 2.75. The number of halogens is 1. The number of amides is 2. The molecule has 2 amide bonds. The molecule has 0 radical (unpaired) electrons. The van der Waals surface area contributed by atoms with E-state index < -0.39 is 5.37 Å². The van der Waals surface area contributed by atoms with Crippen LogP contribution in [0.4, 0.5) is 0 Å². The monoisotopic (exact) mass is 491 g/mol. The van der Waals surface area contributed by atoms with E-state index >= 15 is 0 Å². The number of hydrazone groups is 1. The predicted octanol–water partition coefficient (Wildman–Crippen LogP) is 4.22. The highest BCUT2D eigenvalue weighted by Crippen LogP contribution is 2.43. The second-order valence-electron chi connectivity index (χ2n) is 6.61. The molecular weight excluding hydrogens is 470 g/mol. The van der Waals surface area contributed by atoms with Crippen LogP contribution in [-0.4, -0.2) is 35.2 Å². The Balaban J connectivity index is 1.70. The van der Waals surface area contributed by atoms with Gasteiger partial charge in [-0.15, -0.1) is 5.10 Å². The summed E-state index contributed by atoms with van der Waals surface area (Å²) in [4.78, 5) is 23.5. The van der Waals surface area contributed by atoms with Gasteiger partial charge in [0.25, 0.3) is 0 Å². The normalized spacial score (nSPS) is 15.5. The van der Waals surface area contributed by atoms with Gasteiger partial charge < -0.3 is 14.8 Å². The molecule has 1 atom stereocenters. The zero-order valence-corrected chi connectivity index (χ0v) is 19.2. The molecule has 1 aliphatic rings. The zero-order chi connectivity index (χ0) is 21.7. The molecule has 0 bridgehead atoms. The Morgan fingerprint density at radius 3 is 2.50 bits per heavy atom. The standard InChI is InChI=1S/C21H22BrN3O4S/c1-13-4-7-17(8-5-13)28-10-11-29-19-9-6-16(22)12-18(19)20-25(15(3)27)24-21(30-20)23-14(2)26/h4-9,12,20H,10-11H2,1-3H3,(H,23,24,26)/t20-/m0/s1. The predicted molar refractivity (Wildman–Crippen MR) is 120 cm³/mol. The highest BCUT2D eigenvalue weighted by atomic mass is 79.9. The van der Waals surface area contributed by atoms with E-state index in [1.165, 1.54) is 36.2 Å². The minimum atomic E-state index is -0.449. The maximum absolute atomic E-state index is 12.1. The molecular formula is C21H22BrN3O4S. The number of benzene rings is 2. The average Bonchev–Trinajstić information content (AvgIpc) is 3.10. The van der Waals surface area contributed by atoms with Crippen LogP contribution in [0.3, 0.4) is 0 Å². The van der Waals surface area contributed by atoms with Gasteiger partial charge in [-0.3, -0.25) is 9.59 Å². The minimum Gasteiger partial charge on any atom is -0.490 e. The van der Waals surface area contributed by atoms with E-state index in [1.807, 2.05) is 49.4 Å². The van der Waals surface area contributed by atoms with Gasteiger partial charge in [0.05, 0.1) is 0 Å². The highest BCUT2D eigenvalue weighted by molar-refractivity contribution is 9.10. The molecule has 30 heavy (non-hydrogen) atoms. The van der Waals surface area contributed by atoms with Crippen LogP contribution < -0.4 is 14.8 Å². The maximum Gasteiger partial charge on any atom is 0.241 e. The van der Waals surface area contributed by atoms with Crippen molar-refractivity contribution in [3.63, 3.8) is 0 Å². The van der Waals surface area contributed by atoms with Crippen molar-refractivity contribution in [2.45, 2.75) is 26.1 Å².